The van der Waals surface area contributed by atoms with Crippen molar-refractivity contribution < 1.29 is 0 Å². The number of imidazole rings is 1. The predicted octanol–water partition coefficient (Wildman–Crippen LogP) is 0.674. The van der Waals surface area contributed by atoms with Crippen LogP contribution in [-0.4, -0.2) is 37.1 Å². The molecule has 0 aliphatic carbocycles. The zero-order valence-electron chi connectivity index (χ0n) is 12.4. The molecule has 0 spiro atoms. The van der Waals surface area contributed by atoms with E-state index in [9.17, 15) is 9.59 Å². The van der Waals surface area contributed by atoms with Gasteiger partial charge in [-0.05, 0) is 19.5 Å². The number of hydrogen-bond donors (Lipinski definition) is 1. The van der Waals surface area contributed by atoms with Gasteiger partial charge in [-0.1, -0.05) is 20.8 Å². The Labute approximate surface area is 116 Å². The molecule has 0 aliphatic rings. The second-order valence-corrected chi connectivity index (χ2v) is 4.77. The Morgan fingerprint density at radius 3 is 2.50 bits per heavy atom. The smallest absolute Gasteiger partial charge is 0.328 e. The van der Waals surface area contributed by atoms with Crippen molar-refractivity contribution in [2.24, 2.45) is 7.05 Å². The minimum atomic E-state index is -0.403. The molecule has 2 aromatic rings. The molecule has 20 heavy (non-hydrogen) atoms. The number of aromatic amines is 1. The van der Waals surface area contributed by atoms with E-state index in [1.807, 2.05) is 6.92 Å². The number of hydrogen-bond acceptors (Lipinski definition) is 4. The van der Waals surface area contributed by atoms with E-state index in [0.717, 1.165) is 19.5 Å². The number of aromatic nitrogens is 4. The summed E-state index contributed by atoms with van der Waals surface area (Å²) in [6.45, 7) is 7.79. The molecular weight excluding hydrogens is 258 g/mol. The molecule has 0 saturated heterocycles. The molecule has 0 aromatic carbocycles. The predicted molar refractivity (Wildman–Crippen MR) is 77.8 cm³/mol. The third-order valence-electron chi connectivity index (χ3n) is 3.70. The Bertz CT molecular complexity index is 708. The van der Waals surface area contributed by atoms with Crippen molar-refractivity contribution in [2.45, 2.75) is 33.4 Å². The van der Waals surface area contributed by atoms with Crippen LogP contribution in [0.25, 0.3) is 11.2 Å². The van der Waals surface area contributed by atoms with E-state index in [1.54, 1.807) is 22.5 Å². The van der Waals surface area contributed by atoms with E-state index in [1.165, 1.54) is 0 Å². The summed E-state index contributed by atoms with van der Waals surface area (Å²) in [6, 6.07) is 0. The topological polar surface area (TPSA) is 75.9 Å². The lowest BCUT2D eigenvalue weighted by Crippen LogP contribution is -2.41. The highest BCUT2D eigenvalue weighted by molar-refractivity contribution is 5.69. The molecule has 0 radical (unpaired) electrons. The van der Waals surface area contributed by atoms with Crippen LogP contribution in [0.4, 0.5) is 0 Å². The first-order chi connectivity index (χ1) is 9.54. The summed E-state index contributed by atoms with van der Waals surface area (Å²) in [5, 5.41) is 0. The van der Waals surface area contributed by atoms with Crippen LogP contribution in [0.15, 0.2) is 15.9 Å². The number of fused-ring (bicyclic) bond motifs is 1. The van der Waals surface area contributed by atoms with Gasteiger partial charge in [0, 0.05) is 7.05 Å². The molecule has 1 N–H and O–H groups in total. The number of rotatable bonds is 5. The summed E-state index contributed by atoms with van der Waals surface area (Å²) in [4.78, 5) is 32.9. The quantitative estimate of drug-likeness (QED) is 0.873. The molecule has 0 aliphatic heterocycles. The van der Waals surface area contributed by atoms with Gasteiger partial charge in [0.1, 0.15) is 0 Å². The van der Waals surface area contributed by atoms with Gasteiger partial charge in [0.2, 0.25) is 0 Å². The van der Waals surface area contributed by atoms with Gasteiger partial charge in [0.05, 0.1) is 12.5 Å². The first-order valence-corrected chi connectivity index (χ1v) is 6.94. The third kappa shape index (κ3) is 2.18. The van der Waals surface area contributed by atoms with E-state index in [4.69, 9.17) is 0 Å². The van der Waals surface area contributed by atoms with E-state index in [0.29, 0.717) is 11.2 Å². The molecular formula is C13H21N5O2. The maximum atomic E-state index is 12.2. The minimum absolute atomic E-state index is 0.105. The summed E-state index contributed by atoms with van der Waals surface area (Å²) in [7, 11) is 1.75. The van der Waals surface area contributed by atoms with Crippen LogP contribution < -0.4 is 11.2 Å². The maximum Gasteiger partial charge on any atom is 0.331 e. The minimum Gasteiger partial charge on any atom is -0.328 e. The number of nitrogens with one attached hydrogen (secondary N) is 1. The fourth-order valence-electron chi connectivity index (χ4n) is 2.69. The summed E-state index contributed by atoms with van der Waals surface area (Å²) < 4.78 is 3.22. The monoisotopic (exact) mass is 279 g/mol. The zero-order valence-corrected chi connectivity index (χ0v) is 12.4. The first kappa shape index (κ1) is 14.5. The lowest BCUT2D eigenvalue weighted by molar-refractivity contribution is 0.149. The fraction of sp³-hybridized carbons (Fsp3) is 0.615. The van der Waals surface area contributed by atoms with Crippen molar-refractivity contribution >= 4 is 11.2 Å². The van der Waals surface area contributed by atoms with Crippen LogP contribution in [0.3, 0.4) is 0 Å². The van der Waals surface area contributed by atoms with Crippen LogP contribution in [0.1, 0.15) is 33.4 Å². The molecule has 2 heterocycles. The number of H-pyrrole nitrogens is 1. The van der Waals surface area contributed by atoms with Crippen molar-refractivity contribution in [3.05, 3.63) is 27.2 Å². The van der Waals surface area contributed by atoms with Crippen LogP contribution >= 0.6 is 0 Å². The van der Waals surface area contributed by atoms with E-state index in [2.05, 4.69) is 28.7 Å². The average Bonchev–Trinajstić information content (AvgIpc) is 2.80. The normalized spacial score (nSPS) is 13.2. The molecule has 1 atom stereocenters. The van der Waals surface area contributed by atoms with Crippen molar-refractivity contribution in [1.82, 2.24) is 24.0 Å². The molecule has 2 rings (SSSR count). The van der Waals surface area contributed by atoms with Gasteiger partial charge < -0.3 is 4.57 Å². The summed E-state index contributed by atoms with van der Waals surface area (Å²) in [5.41, 5.74) is 0.0748. The Morgan fingerprint density at radius 2 is 1.95 bits per heavy atom. The molecule has 1 unspecified atom stereocenters. The average molecular weight is 279 g/mol. The molecule has 0 bridgehead atoms. The van der Waals surface area contributed by atoms with Crippen molar-refractivity contribution in [3.63, 3.8) is 0 Å². The first-order valence-electron chi connectivity index (χ1n) is 6.94. The highest BCUT2D eigenvalue weighted by Gasteiger charge is 2.22. The lowest BCUT2D eigenvalue weighted by atomic mass is 10.3. The fourth-order valence-corrected chi connectivity index (χ4v) is 2.69. The van der Waals surface area contributed by atoms with Crippen LogP contribution in [-0.2, 0) is 7.05 Å². The highest BCUT2D eigenvalue weighted by Crippen LogP contribution is 2.18. The van der Waals surface area contributed by atoms with Crippen molar-refractivity contribution in [1.29, 1.82) is 0 Å². The third-order valence-corrected chi connectivity index (χ3v) is 3.70. The standard InChI is InChI=1S/C13H21N5O2/c1-5-9(17(6-2)7-3)18-11-10(16(4)8-14-11)12(19)15-13(18)20/h8-9H,5-7H2,1-4H3,(H,15,19,20). The molecule has 0 saturated carbocycles. The second-order valence-electron chi connectivity index (χ2n) is 4.77. The van der Waals surface area contributed by atoms with Crippen LogP contribution in [0.5, 0.6) is 0 Å². The summed E-state index contributed by atoms with van der Waals surface area (Å²) in [6.07, 6.45) is 2.22. The van der Waals surface area contributed by atoms with E-state index in [-0.39, 0.29) is 6.17 Å². The molecule has 2 aromatic heterocycles. The van der Waals surface area contributed by atoms with Gasteiger partial charge in [-0.2, -0.15) is 0 Å². The molecule has 7 nitrogen and oxygen atoms in total. The van der Waals surface area contributed by atoms with Gasteiger partial charge >= 0.3 is 5.69 Å². The molecule has 0 amide bonds. The highest BCUT2D eigenvalue weighted by atomic mass is 16.2. The van der Waals surface area contributed by atoms with Gasteiger partial charge in [0.15, 0.2) is 11.2 Å². The lowest BCUT2D eigenvalue weighted by Gasteiger charge is -2.30. The van der Waals surface area contributed by atoms with E-state index < -0.39 is 11.2 Å². The Kier molecular flexibility index (Phi) is 4.08. The summed E-state index contributed by atoms with van der Waals surface area (Å²) in [5.74, 6) is 0. The molecule has 110 valence electrons. The van der Waals surface area contributed by atoms with Gasteiger partial charge in [-0.3, -0.25) is 19.2 Å². The van der Waals surface area contributed by atoms with Gasteiger partial charge in [-0.25, -0.2) is 9.78 Å². The molecule has 0 fully saturated rings. The van der Waals surface area contributed by atoms with Gasteiger partial charge in [-0.15, -0.1) is 0 Å². The van der Waals surface area contributed by atoms with Crippen molar-refractivity contribution in [2.75, 3.05) is 13.1 Å². The number of nitrogens with zero attached hydrogens (tertiary/aromatic N) is 4. The van der Waals surface area contributed by atoms with Gasteiger partial charge in [0.25, 0.3) is 5.56 Å². The SMILES string of the molecule is CCC(N(CC)CC)n1c(=O)[nH]c(=O)c2c1ncn2C. The Morgan fingerprint density at radius 1 is 1.30 bits per heavy atom. The Hall–Kier alpha value is -1.89. The Balaban J connectivity index is 2.76. The molecule has 7 heteroatoms. The summed E-state index contributed by atoms with van der Waals surface area (Å²) >= 11 is 0. The largest absolute Gasteiger partial charge is 0.331 e. The maximum absolute atomic E-state index is 12.2. The van der Waals surface area contributed by atoms with E-state index >= 15 is 0 Å². The van der Waals surface area contributed by atoms with Crippen LogP contribution in [0, 0.1) is 0 Å². The van der Waals surface area contributed by atoms with Crippen molar-refractivity contribution in [3.8, 4) is 0 Å². The zero-order chi connectivity index (χ0) is 14.9. The van der Waals surface area contributed by atoms with Crippen LogP contribution in [0.2, 0.25) is 0 Å². The second kappa shape index (κ2) is 5.62. The number of aryl methyl sites for hydroxylation is 1.